The van der Waals surface area contributed by atoms with Crippen LogP contribution in [-0.4, -0.2) is 18.2 Å². The largest absolute Gasteiger partial charge is 0.377 e. The molecule has 4 heteroatoms. The SMILES string of the molecule is CC1OCCC1(C)NCc1ccc(Br)cc1F. The molecule has 0 spiro atoms. The second-order valence-electron chi connectivity index (χ2n) is 4.77. The minimum absolute atomic E-state index is 0.0560. The molecule has 1 saturated heterocycles. The van der Waals surface area contributed by atoms with Crippen LogP contribution < -0.4 is 5.32 Å². The molecule has 1 fully saturated rings. The van der Waals surface area contributed by atoms with E-state index in [-0.39, 0.29) is 17.5 Å². The minimum Gasteiger partial charge on any atom is -0.377 e. The lowest BCUT2D eigenvalue weighted by molar-refractivity contribution is 0.0880. The molecule has 0 radical (unpaired) electrons. The van der Waals surface area contributed by atoms with E-state index in [1.165, 1.54) is 6.07 Å². The molecule has 1 heterocycles. The number of nitrogens with one attached hydrogen (secondary N) is 1. The van der Waals surface area contributed by atoms with Crippen LogP contribution in [0.25, 0.3) is 0 Å². The number of hydrogen-bond donors (Lipinski definition) is 1. The van der Waals surface area contributed by atoms with Crippen LogP contribution >= 0.6 is 15.9 Å². The van der Waals surface area contributed by atoms with Crippen LogP contribution in [0.5, 0.6) is 0 Å². The van der Waals surface area contributed by atoms with Gasteiger partial charge in [-0.25, -0.2) is 4.39 Å². The molecule has 1 aliphatic rings. The maximum absolute atomic E-state index is 13.6. The Labute approximate surface area is 110 Å². The van der Waals surface area contributed by atoms with Gasteiger partial charge in [0.1, 0.15) is 5.82 Å². The molecule has 2 atom stereocenters. The maximum atomic E-state index is 13.6. The first-order chi connectivity index (χ1) is 8.01. The van der Waals surface area contributed by atoms with E-state index in [9.17, 15) is 4.39 Å². The summed E-state index contributed by atoms with van der Waals surface area (Å²) in [7, 11) is 0. The number of rotatable bonds is 3. The molecule has 0 aliphatic carbocycles. The van der Waals surface area contributed by atoms with Gasteiger partial charge in [-0.15, -0.1) is 0 Å². The highest BCUT2D eigenvalue weighted by molar-refractivity contribution is 9.10. The predicted octanol–water partition coefficient (Wildman–Crippen LogP) is 3.25. The average Bonchev–Trinajstić information content (AvgIpc) is 2.59. The van der Waals surface area contributed by atoms with Gasteiger partial charge < -0.3 is 10.1 Å². The molecule has 0 bridgehead atoms. The first-order valence-electron chi connectivity index (χ1n) is 5.82. The van der Waals surface area contributed by atoms with E-state index >= 15 is 0 Å². The Kier molecular flexibility index (Phi) is 3.85. The second-order valence-corrected chi connectivity index (χ2v) is 5.69. The average molecular weight is 302 g/mol. The Bertz CT molecular complexity index is 412. The molecule has 2 unspecified atom stereocenters. The Balaban J connectivity index is 2.02. The highest BCUT2D eigenvalue weighted by Crippen LogP contribution is 2.26. The fourth-order valence-electron chi connectivity index (χ4n) is 2.03. The third kappa shape index (κ3) is 2.87. The lowest BCUT2D eigenvalue weighted by Gasteiger charge is -2.29. The summed E-state index contributed by atoms with van der Waals surface area (Å²) in [6, 6.07) is 5.15. The van der Waals surface area contributed by atoms with E-state index < -0.39 is 0 Å². The van der Waals surface area contributed by atoms with E-state index in [0.717, 1.165) is 17.5 Å². The molecule has 1 aromatic carbocycles. The van der Waals surface area contributed by atoms with Crippen molar-refractivity contribution in [3.8, 4) is 0 Å². The van der Waals surface area contributed by atoms with Crippen molar-refractivity contribution in [2.24, 2.45) is 0 Å². The van der Waals surface area contributed by atoms with Crippen molar-refractivity contribution in [1.82, 2.24) is 5.32 Å². The van der Waals surface area contributed by atoms with Gasteiger partial charge in [-0.05, 0) is 32.4 Å². The summed E-state index contributed by atoms with van der Waals surface area (Å²) in [4.78, 5) is 0. The zero-order valence-electron chi connectivity index (χ0n) is 10.1. The molecular formula is C13H17BrFNO. The lowest BCUT2D eigenvalue weighted by atomic mass is 9.94. The van der Waals surface area contributed by atoms with Crippen molar-refractivity contribution in [2.75, 3.05) is 6.61 Å². The van der Waals surface area contributed by atoms with E-state index in [1.54, 1.807) is 6.07 Å². The fourth-order valence-corrected chi connectivity index (χ4v) is 2.36. The van der Waals surface area contributed by atoms with E-state index in [2.05, 4.69) is 35.1 Å². The van der Waals surface area contributed by atoms with E-state index in [4.69, 9.17) is 4.74 Å². The molecule has 0 saturated carbocycles. The highest BCUT2D eigenvalue weighted by atomic mass is 79.9. The lowest BCUT2D eigenvalue weighted by Crippen LogP contribution is -2.47. The topological polar surface area (TPSA) is 21.3 Å². The van der Waals surface area contributed by atoms with Crippen LogP contribution in [0.1, 0.15) is 25.8 Å². The Morgan fingerprint density at radius 3 is 2.94 bits per heavy atom. The van der Waals surface area contributed by atoms with Crippen molar-refractivity contribution in [3.63, 3.8) is 0 Å². The summed E-state index contributed by atoms with van der Waals surface area (Å²) in [5, 5.41) is 3.40. The van der Waals surface area contributed by atoms with Crippen LogP contribution in [0.15, 0.2) is 22.7 Å². The predicted molar refractivity (Wildman–Crippen MR) is 69.4 cm³/mol. The van der Waals surface area contributed by atoms with Crippen molar-refractivity contribution in [1.29, 1.82) is 0 Å². The molecular weight excluding hydrogens is 285 g/mol. The van der Waals surface area contributed by atoms with Crippen molar-refractivity contribution >= 4 is 15.9 Å². The first kappa shape index (κ1) is 13.0. The van der Waals surface area contributed by atoms with E-state index in [0.29, 0.717) is 12.1 Å². The van der Waals surface area contributed by atoms with Gasteiger partial charge in [0.15, 0.2) is 0 Å². The Morgan fingerprint density at radius 2 is 2.35 bits per heavy atom. The zero-order valence-corrected chi connectivity index (χ0v) is 11.7. The number of hydrogen-bond acceptors (Lipinski definition) is 2. The normalized spacial score (nSPS) is 28.6. The number of halogens is 2. The van der Waals surface area contributed by atoms with Gasteiger partial charge in [-0.2, -0.15) is 0 Å². The maximum Gasteiger partial charge on any atom is 0.128 e. The quantitative estimate of drug-likeness (QED) is 0.925. The third-order valence-electron chi connectivity index (χ3n) is 3.58. The van der Waals surface area contributed by atoms with Gasteiger partial charge in [-0.3, -0.25) is 0 Å². The molecule has 1 aromatic rings. The van der Waals surface area contributed by atoms with Crippen molar-refractivity contribution in [2.45, 2.75) is 38.5 Å². The minimum atomic E-state index is -0.179. The molecule has 1 aliphatic heterocycles. The van der Waals surface area contributed by atoms with Crippen molar-refractivity contribution < 1.29 is 9.13 Å². The summed E-state index contributed by atoms with van der Waals surface area (Å²) in [6.45, 7) is 5.48. The molecule has 0 amide bonds. The number of benzene rings is 1. The second kappa shape index (κ2) is 5.04. The first-order valence-corrected chi connectivity index (χ1v) is 6.61. The summed E-state index contributed by atoms with van der Waals surface area (Å²) in [5.41, 5.74) is 0.632. The Hall–Kier alpha value is -0.450. The monoisotopic (exact) mass is 301 g/mol. The Morgan fingerprint density at radius 1 is 1.59 bits per heavy atom. The summed E-state index contributed by atoms with van der Waals surface area (Å²) in [5.74, 6) is -0.179. The van der Waals surface area contributed by atoms with Crippen LogP contribution in [0, 0.1) is 5.82 Å². The molecule has 17 heavy (non-hydrogen) atoms. The van der Waals surface area contributed by atoms with Crippen LogP contribution in [0.3, 0.4) is 0 Å². The smallest absolute Gasteiger partial charge is 0.128 e. The van der Waals surface area contributed by atoms with Gasteiger partial charge in [0.25, 0.3) is 0 Å². The molecule has 2 rings (SSSR count). The van der Waals surface area contributed by atoms with Gasteiger partial charge in [0, 0.05) is 28.7 Å². The molecule has 94 valence electrons. The summed E-state index contributed by atoms with van der Waals surface area (Å²) < 4.78 is 20.0. The van der Waals surface area contributed by atoms with E-state index in [1.807, 2.05) is 6.07 Å². The number of ether oxygens (including phenoxy) is 1. The summed E-state index contributed by atoms with van der Waals surface area (Å²) in [6.07, 6.45) is 1.13. The highest BCUT2D eigenvalue weighted by Gasteiger charge is 2.36. The van der Waals surface area contributed by atoms with Gasteiger partial charge in [0.05, 0.1) is 6.10 Å². The van der Waals surface area contributed by atoms with Gasteiger partial charge in [0.2, 0.25) is 0 Å². The van der Waals surface area contributed by atoms with Gasteiger partial charge in [-0.1, -0.05) is 22.0 Å². The van der Waals surface area contributed by atoms with Crippen LogP contribution in [0.2, 0.25) is 0 Å². The van der Waals surface area contributed by atoms with Gasteiger partial charge >= 0.3 is 0 Å². The standard InChI is InChI=1S/C13H17BrFNO/c1-9-13(2,5-6-17-9)16-8-10-3-4-11(14)7-12(10)15/h3-4,7,9,16H,5-6,8H2,1-2H3. The van der Waals surface area contributed by atoms with Crippen molar-refractivity contribution in [3.05, 3.63) is 34.1 Å². The van der Waals surface area contributed by atoms with Crippen LogP contribution in [-0.2, 0) is 11.3 Å². The molecule has 1 N–H and O–H groups in total. The molecule has 2 nitrogen and oxygen atoms in total. The molecule has 0 aromatic heterocycles. The summed E-state index contributed by atoms with van der Waals surface area (Å²) >= 11 is 3.25. The fraction of sp³-hybridized carbons (Fsp3) is 0.538. The van der Waals surface area contributed by atoms with Crippen LogP contribution in [0.4, 0.5) is 4.39 Å². The zero-order chi connectivity index (χ0) is 12.5. The third-order valence-corrected chi connectivity index (χ3v) is 4.08.